The summed E-state index contributed by atoms with van der Waals surface area (Å²) in [6.45, 7) is 4.77. The fraction of sp³-hybridized carbons (Fsp3) is 0.222. The van der Waals surface area contributed by atoms with Crippen molar-refractivity contribution in [3.05, 3.63) is 84.4 Å². The first-order valence-corrected chi connectivity index (χ1v) is 11.7. The van der Waals surface area contributed by atoms with Gasteiger partial charge in [0.1, 0.15) is 23.4 Å². The summed E-state index contributed by atoms with van der Waals surface area (Å²) < 4.78 is 2.05. The third kappa shape index (κ3) is 3.58. The largest absolute Gasteiger partial charge is 0.361 e. The maximum absolute atomic E-state index is 9.69. The van der Waals surface area contributed by atoms with E-state index in [1.807, 2.05) is 41.1 Å². The van der Waals surface area contributed by atoms with Gasteiger partial charge in [-0.1, -0.05) is 36.4 Å². The van der Waals surface area contributed by atoms with Crippen molar-refractivity contribution in [2.75, 3.05) is 37.6 Å². The SMILES string of the molecule is N#Cc1cn(-c2ccccc2)c2c(N3CCN(CCc4c[nH]c5ccccc45)CC3)ncnc12. The van der Waals surface area contributed by atoms with Crippen molar-refractivity contribution in [3.8, 4) is 11.8 Å². The first-order chi connectivity index (χ1) is 16.8. The van der Waals surface area contributed by atoms with Crippen molar-refractivity contribution in [2.45, 2.75) is 6.42 Å². The Kier molecular flexibility index (Phi) is 5.21. The van der Waals surface area contributed by atoms with Gasteiger partial charge in [0.2, 0.25) is 0 Å². The molecule has 1 fully saturated rings. The molecule has 34 heavy (non-hydrogen) atoms. The van der Waals surface area contributed by atoms with Crippen molar-refractivity contribution in [1.82, 2.24) is 24.4 Å². The lowest BCUT2D eigenvalue weighted by molar-refractivity contribution is 0.261. The van der Waals surface area contributed by atoms with E-state index in [0.717, 1.165) is 56.2 Å². The molecule has 0 saturated carbocycles. The molecule has 0 spiro atoms. The van der Waals surface area contributed by atoms with E-state index in [9.17, 15) is 5.26 Å². The highest BCUT2D eigenvalue weighted by atomic mass is 15.3. The molecule has 7 heteroatoms. The van der Waals surface area contributed by atoms with Crippen LogP contribution in [0.25, 0.3) is 27.6 Å². The number of hydrogen-bond donors (Lipinski definition) is 1. The quantitative estimate of drug-likeness (QED) is 0.438. The second kappa shape index (κ2) is 8.65. The summed E-state index contributed by atoms with van der Waals surface area (Å²) in [6.07, 6.45) is 6.63. The number of fused-ring (bicyclic) bond motifs is 2. The minimum atomic E-state index is 0.569. The predicted octanol–water partition coefficient (Wildman–Crippen LogP) is 4.14. The summed E-state index contributed by atoms with van der Waals surface area (Å²) in [6, 6.07) is 20.9. The number of nitrogens with one attached hydrogen (secondary N) is 1. The van der Waals surface area contributed by atoms with Gasteiger partial charge in [0.05, 0.1) is 5.56 Å². The molecule has 1 saturated heterocycles. The van der Waals surface area contributed by atoms with Gasteiger partial charge in [0.25, 0.3) is 0 Å². The molecule has 4 heterocycles. The zero-order chi connectivity index (χ0) is 22.9. The van der Waals surface area contributed by atoms with E-state index < -0.39 is 0 Å². The van der Waals surface area contributed by atoms with Crippen LogP contribution in [0.4, 0.5) is 5.82 Å². The van der Waals surface area contributed by atoms with Crippen molar-refractivity contribution < 1.29 is 0 Å². The lowest BCUT2D eigenvalue weighted by Gasteiger charge is -2.35. The summed E-state index contributed by atoms with van der Waals surface area (Å²) in [4.78, 5) is 17.4. The molecular weight excluding hydrogens is 422 g/mol. The van der Waals surface area contributed by atoms with E-state index in [1.54, 1.807) is 6.33 Å². The van der Waals surface area contributed by atoms with Gasteiger partial charge in [0.15, 0.2) is 5.82 Å². The molecular formula is C27H25N7. The molecule has 2 aromatic carbocycles. The average molecular weight is 448 g/mol. The Labute approximate surface area is 197 Å². The number of rotatable bonds is 5. The van der Waals surface area contributed by atoms with Crippen LogP contribution >= 0.6 is 0 Å². The van der Waals surface area contributed by atoms with Crippen LogP contribution in [0.2, 0.25) is 0 Å². The molecule has 7 nitrogen and oxygen atoms in total. The zero-order valence-corrected chi connectivity index (χ0v) is 18.9. The lowest BCUT2D eigenvalue weighted by atomic mass is 10.1. The summed E-state index contributed by atoms with van der Waals surface area (Å²) in [5.74, 6) is 0.895. The van der Waals surface area contributed by atoms with Gasteiger partial charge in [-0.3, -0.25) is 4.90 Å². The summed E-state index contributed by atoms with van der Waals surface area (Å²) >= 11 is 0. The molecule has 6 rings (SSSR count). The number of piperazine rings is 1. The highest BCUT2D eigenvalue weighted by Gasteiger charge is 2.23. The van der Waals surface area contributed by atoms with Crippen LogP contribution < -0.4 is 4.90 Å². The van der Waals surface area contributed by atoms with Gasteiger partial charge in [0, 0.05) is 61.7 Å². The van der Waals surface area contributed by atoms with Crippen LogP contribution in [-0.4, -0.2) is 57.1 Å². The fourth-order valence-electron chi connectivity index (χ4n) is 4.95. The van der Waals surface area contributed by atoms with Crippen molar-refractivity contribution in [1.29, 1.82) is 5.26 Å². The maximum Gasteiger partial charge on any atom is 0.157 e. The Bertz CT molecular complexity index is 1480. The number of para-hydroxylation sites is 2. The molecule has 3 aromatic heterocycles. The number of H-pyrrole nitrogens is 1. The van der Waals surface area contributed by atoms with E-state index in [2.05, 4.69) is 61.3 Å². The Balaban J connectivity index is 1.22. The molecule has 0 unspecified atom stereocenters. The van der Waals surface area contributed by atoms with Crippen molar-refractivity contribution in [3.63, 3.8) is 0 Å². The zero-order valence-electron chi connectivity index (χ0n) is 18.9. The highest BCUT2D eigenvalue weighted by Crippen LogP contribution is 2.30. The number of hydrogen-bond acceptors (Lipinski definition) is 5. The molecule has 0 aliphatic carbocycles. The number of aromatic nitrogens is 4. The topological polar surface area (TPSA) is 76.8 Å². The molecule has 168 valence electrons. The van der Waals surface area contributed by atoms with Gasteiger partial charge in [-0.25, -0.2) is 9.97 Å². The number of nitrogens with zero attached hydrogens (tertiary/aromatic N) is 6. The van der Waals surface area contributed by atoms with Crippen LogP contribution in [-0.2, 0) is 6.42 Å². The molecule has 0 amide bonds. The van der Waals surface area contributed by atoms with Gasteiger partial charge in [-0.15, -0.1) is 0 Å². The third-order valence-electron chi connectivity index (χ3n) is 6.76. The first kappa shape index (κ1) is 20.5. The van der Waals surface area contributed by atoms with Crippen LogP contribution in [0.3, 0.4) is 0 Å². The minimum Gasteiger partial charge on any atom is -0.361 e. The fourth-order valence-corrected chi connectivity index (χ4v) is 4.95. The number of aromatic amines is 1. The molecule has 0 atom stereocenters. The number of nitriles is 1. The van der Waals surface area contributed by atoms with E-state index in [4.69, 9.17) is 0 Å². The van der Waals surface area contributed by atoms with Crippen LogP contribution in [0, 0.1) is 11.3 Å². The second-order valence-corrected chi connectivity index (χ2v) is 8.69. The molecule has 1 N–H and O–H groups in total. The Hall–Kier alpha value is -4.15. The summed E-state index contributed by atoms with van der Waals surface area (Å²) in [7, 11) is 0. The van der Waals surface area contributed by atoms with E-state index in [0.29, 0.717) is 11.1 Å². The van der Waals surface area contributed by atoms with Gasteiger partial charge < -0.3 is 14.5 Å². The van der Waals surface area contributed by atoms with Crippen LogP contribution in [0.5, 0.6) is 0 Å². The molecule has 0 radical (unpaired) electrons. The first-order valence-electron chi connectivity index (χ1n) is 11.7. The molecule has 1 aliphatic rings. The summed E-state index contributed by atoms with van der Waals surface area (Å²) in [5.41, 5.74) is 5.76. The maximum atomic E-state index is 9.69. The van der Waals surface area contributed by atoms with Crippen molar-refractivity contribution >= 4 is 27.8 Å². The van der Waals surface area contributed by atoms with Crippen LogP contribution in [0.1, 0.15) is 11.1 Å². The van der Waals surface area contributed by atoms with E-state index in [1.165, 1.54) is 16.5 Å². The summed E-state index contributed by atoms with van der Waals surface area (Å²) in [5, 5.41) is 11.0. The standard InChI is InChI=1S/C27H25N7/c28-16-21-18-34(22-6-2-1-3-7-22)26-25(21)30-19-31-27(26)33-14-12-32(13-15-33)11-10-20-17-29-24-9-5-4-8-23(20)24/h1-9,17-19,29H,10-15H2. The predicted molar refractivity (Wildman–Crippen MR) is 134 cm³/mol. The number of benzene rings is 2. The Morgan fingerprint density at radius 2 is 1.74 bits per heavy atom. The second-order valence-electron chi connectivity index (χ2n) is 8.69. The van der Waals surface area contributed by atoms with E-state index in [-0.39, 0.29) is 0 Å². The van der Waals surface area contributed by atoms with Crippen molar-refractivity contribution in [2.24, 2.45) is 0 Å². The normalized spacial score (nSPS) is 14.6. The molecule has 0 bridgehead atoms. The number of anilines is 1. The smallest absolute Gasteiger partial charge is 0.157 e. The van der Waals surface area contributed by atoms with E-state index >= 15 is 0 Å². The average Bonchev–Trinajstić information content (AvgIpc) is 3.50. The van der Waals surface area contributed by atoms with Gasteiger partial charge in [-0.2, -0.15) is 5.26 Å². The lowest BCUT2D eigenvalue weighted by Crippen LogP contribution is -2.47. The molecule has 1 aliphatic heterocycles. The van der Waals surface area contributed by atoms with Gasteiger partial charge >= 0.3 is 0 Å². The van der Waals surface area contributed by atoms with Gasteiger partial charge in [-0.05, 0) is 30.2 Å². The third-order valence-corrected chi connectivity index (χ3v) is 6.76. The monoisotopic (exact) mass is 447 g/mol. The Morgan fingerprint density at radius 1 is 0.941 bits per heavy atom. The minimum absolute atomic E-state index is 0.569. The molecule has 5 aromatic rings. The highest BCUT2D eigenvalue weighted by molar-refractivity contribution is 5.92. The van der Waals surface area contributed by atoms with Crippen LogP contribution in [0.15, 0.2) is 73.3 Å². The Morgan fingerprint density at radius 3 is 2.56 bits per heavy atom.